The van der Waals surface area contributed by atoms with Crippen molar-refractivity contribution in [3.63, 3.8) is 0 Å². The van der Waals surface area contributed by atoms with Gasteiger partial charge in [-0.15, -0.1) is 0 Å². The number of benzene rings is 1. The zero-order chi connectivity index (χ0) is 23.5. The van der Waals surface area contributed by atoms with Gasteiger partial charge in [0.25, 0.3) is 0 Å². The minimum absolute atomic E-state index is 0.0886. The molecule has 1 aromatic rings. The van der Waals surface area contributed by atoms with Gasteiger partial charge in [-0.1, -0.05) is 19.9 Å². The molecule has 2 fully saturated rings. The minimum Gasteiger partial charge on any atom is -0.508 e. The summed E-state index contributed by atoms with van der Waals surface area (Å²) in [5.41, 5.74) is -0.238. The molecular weight excluding hydrogens is 408 g/mol. The van der Waals surface area contributed by atoms with E-state index >= 15 is 0 Å². The van der Waals surface area contributed by atoms with Crippen LogP contribution in [-0.4, -0.2) is 52.4 Å². The third-order valence-electron chi connectivity index (χ3n) is 7.50. The number of alkyl carbamates (subject to hydrolysis) is 1. The van der Waals surface area contributed by atoms with Crippen molar-refractivity contribution >= 4 is 12.0 Å². The summed E-state index contributed by atoms with van der Waals surface area (Å²) in [6.45, 7) is 12.9. The van der Waals surface area contributed by atoms with Gasteiger partial charge < -0.3 is 24.8 Å². The van der Waals surface area contributed by atoms with Crippen LogP contribution in [0.2, 0.25) is 0 Å². The standard InChI is InChI=1S/C25H36N2O5/c1-7-31-19-13-25(23(19,5)6,26-21(30)32-22(2,3)4)20(29)27-14-16-8-9-17(28)12-18(16)24(15-27)10-11-24/h8-9,12,19,28H,7,10-11,13-15H2,1-6H3,(H,26,30). The number of nitrogens with zero attached hydrogens (tertiary/aromatic N) is 1. The topological polar surface area (TPSA) is 88.1 Å². The molecule has 1 aromatic carbocycles. The van der Waals surface area contributed by atoms with Crippen LogP contribution in [0.3, 0.4) is 0 Å². The lowest BCUT2D eigenvalue weighted by Crippen LogP contribution is -2.78. The highest BCUT2D eigenvalue weighted by atomic mass is 16.6. The molecule has 2 unspecified atom stereocenters. The largest absolute Gasteiger partial charge is 0.508 e. The molecule has 2 N–H and O–H groups in total. The number of nitrogens with one attached hydrogen (secondary N) is 1. The lowest BCUT2D eigenvalue weighted by atomic mass is 9.53. The zero-order valence-electron chi connectivity index (χ0n) is 20.1. The Bertz CT molecular complexity index is 931. The Morgan fingerprint density at radius 2 is 1.94 bits per heavy atom. The summed E-state index contributed by atoms with van der Waals surface area (Å²) in [6.07, 6.45) is 1.68. The molecule has 176 valence electrons. The minimum atomic E-state index is -1.10. The average molecular weight is 445 g/mol. The van der Waals surface area contributed by atoms with E-state index in [0.717, 1.165) is 24.0 Å². The molecule has 7 heteroatoms. The molecule has 0 saturated heterocycles. The normalized spacial score (nSPS) is 27.3. The van der Waals surface area contributed by atoms with Gasteiger partial charge in [0, 0.05) is 36.9 Å². The number of phenolic OH excluding ortho intramolecular Hbond substituents is 1. The van der Waals surface area contributed by atoms with Crippen LogP contribution in [0.5, 0.6) is 5.75 Å². The van der Waals surface area contributed by atoms with E-state index in [1.165, 1.54) is 0 Å². The summed E-state index contributed by atoms with van der Waals surface area (Å²) in [7, 11) is 0. The maximum atomic E-state index is 14.1. The van der Waals surface area contributed by atoms with Gasteiger partial charge in [0.2, 0.25) is 5.91 Å². The molecule has 2 amide bonds. The highest BCUT2D eigenvalue weighted by Gasteiger charge is 2.68. The van der Waals surface area contributed by atoms with Crippen LogP contribution < -0.4 is 5.32 Å². The molecule has 2 saturated carbocycles. The smallest absolute Gasteiger partial charge is 0.408 e. The SMILES string of the molecule is CCOC1CC(NC(=O)OC(C)(C)C)(C(=O)N2Cc3ccc(O)cc3C3(CC3)C2)C1(C)C. The maximum Gasteiger partial charge on any atom is 0.408 e. The van der Waals surface area contributed by atoms with Crippen molar-refractivity contribution in [3.05, 3.63) is 29.3 Å². The molecule has 1 heterocycles. The van der Waals surface area contributed by atoms with E-state index in [2.05, 4.69) is 5.32 Å². The lowest BCUT2D eigenvalue weighted by Gasteiger charge is -2.60. The van der Waals surface area contributed by atoms with Crippen molar-refractivity contribution in [1.29, 1.82) is 0 Å². The highest BCUT2D eigenvalue weighted by molar-refractivity contribution is 5.93. The number of ether oxygens (including phenoxy) is 2. The Kier molecular flexibility index (Phi) is 5.27. The van der Waals surface area contributed by atoms with Gasteiger partial charge in [-0.05, 0) is 63.8 Å². The Morgan fingerprint density at radius 1 is 1.25 bits per heavy atom. The molecule has 7 nitrogen and oxygen atoms in total. The third-order valence-corrected chi connectivity index (χ3v) is 7.50. The van der Waals surface area contributed by atoms with E-state index < -0.39 is 22.6 Å². The second kappa shape index (κ2) is 7.37. The first kappa shape index (κ1) is 22.9. The molecule has 4 rings (SSSR count). The number of phenols is 1. The molecule has 3 aliphatic rings. The number of hydrogen-bond donors (Lipinski definition) is 2. The first-order chi connectivity index (χ1) is 14.8. The van der Waals surface area contributed by atoms with Gasteiger partial charge >= 0.3 is 6.09 Å². The van der Waals surface area contributed by atoms with Gasteiger partial charge in [0.05, 0.1) is 6.10 Å². The van der Waals surface area contributed by atoms with Gasteiger partial charge in [0.1, 0.15) is 16.9 Å². The van der Waals surface area contributed by atoms with E-state index in [1.54, 1.807) is 6.07 Å². The molecule has 0 bridgehead atoms. The molecule has 2 atom stereocenters. The Labute approximate surface area is 190 Å². The monoisotopic (exact) mass is 444 g/mol. The van der Waals surface area contributed by atoms with Gasteiger partial charge in [0.15, 0.2) is 0 Å². The van der Waals surface area contributed by atoms with Gasteiger partial charge in [-0.3, -0.25) is 4.79 Å². The fraction of sp³-hybridized carbons (Fsp3) is 0.680. The number of carbonyl (C=O) groups is 2. The van der Waals surface area contributed by atoms with E-state index in [9.17, 15) is 14.7 Å². The quantitative estimate of drug-likeness (QED) is 0.736. The van der Waals surface area contributed by atoms with Crippen molar-refractivity contribution in [2.75, 3.05) is 13.2 Å². The first-order valence-electron chi connectivity index (χ1n) is 11.6. The van der Waals surface area contributed by atoms with Crippen LogP contribution in [0.4, 0.5) is 4.79 Å². The molecule has 2 aliphatic carbocycles. The number of hydrogen-bond acceptors (Lipinski definition) is 5. The van der Waals surface area contributed by atoms with Crippen LogP contribution in [0.1, 0.15) is 71.9 Å². The zero-order valence-corrected chi connectivity index (χ0v) is 20.1. The molecule has 0 radical (unpaired) electrons. The van der Waals surface area contributed by atoms with E-state index in [-0.39, 0.29) is 23.2 Å². The van der Waals surface area contributed by atoms with E-state index in [1.807, 2.05) is 58.6 Å². The second-order valence-corrected chi connectivity index (χ2v) is 11.2. The van der Waals surface area contributed by atoms with Crippen molar-refractivity contribution in [1.82, 2.24) is 10.2 Å². The predicted octanol–water partition coefficient (Wildman–Crippen LogP) is 3.86. The number of carbonyl (C=O) groups excluding carboxylic acids is 2. The third kappa shape index (κ3) is 3.64. The van der Waals surface area contributed by atoms with Crippen molar-refractivity contribution in [2.45, 2.75) is 90.0 Å². The summed E-state index contributed by atoms with van der Waals surface area (Å²) < 4.78 is 11.4. The Hall–Kier alpha value is -2.28. The van der Waals surface area contributed by atoms with Crippen molar-refractivity contribution in [3.8, 4) is 5.75 Å². The molecular formula is C25H36N2O5. The number of fused-ring (bicyclic) bond motifs is 2. The maximum absolute atomic E-state index is 14.1. The van der Waals surface area contributed by atoms with Gasteiger partial charge in [-0.25, -0.2) is 4.79 Å². The number of rotatable bonds is 4. The van der Waals surface area contributed by atoms with Crippen LogP contribution >= 0.6 is 0 Å². The fourth-order valence-electron chi connectivity index (χ4n) is 5.41. The Morgan fingerprint density at radius 3 is 2.50 bits per heavy atom. The highest BCUT2D eigenvalue weighted by Crippen LogP contribution is 2.56. The second-order valence-electron chi connectivity index (χ2n) is 11.2. The average Bonchev–Trinajstić information content (AvgIpc) is 3.45. The summed E-state index contributed by atoms with van der Waals surface area (Å²) in [6, 6.07) is 5.43. The van der Waals surface area contributed by atoms with Crippen LogP contribution in [0.25, 0.3) is 0 Å². The van der Waals surface area contributed by atoms with Crippen LogP contribution in [-0.2, 0) is 26.2 Å². The summed E-state index contributed by atoms with van der Waals surface area (Å²) in [4.78, 5) is 28.8. The fourth-order valence-corrected chi connectivity index (χ4v) is 5.41. The molecule has 1 spiro atoms. The van der Waals surface area contributed by atoms with Gasteiger partial charge in [-0.2, -0.15) is 0 Å². The van der Waals surface area contributed by atoms with E-state index in [0.29, 0.717) is 26.1 Å². The number of aromatic hydroxyl groups is 1. The summed E-state index contributed by atoms with van der Waals surface area (Å²) >= 11 is 0. The molecule has 0 aromatic heterocycles. The lowest BCUT2D eigenvalue weighted by molar-refractivity contribution is -0.187. The molecule has 32 heavy (non-hydrogen) atoms. The summed E-state index contributed by atoms with van der Waals surface area (Å²) in [5.74, 6) is 0.173. The van der Waals surface area contributed by atoms with Crippen molar-refractivity contribution < 1.29 is 24.2 Å². The molecule has 1 aliphatic heterocycles. The summed E-state index contributed by atoms with van der Waals surface area (Å²) in [5, 5.41) is 13.0. The van der Waals surface area contributed by atoms with E-state index in [4.69, 9.17) is 9.47 Å². The first-order valence-corrected chi connectivity index (χ1v) is 11.6. The van der Waals surface area contributed by atoms with Crippen LogP contribution in [0, 0.1) is 5.41 Å². The Balaban J connectivity index is 1.64. The number of amides is 2. The van der Waals surface area contributed by atoms with Crippen LogP contribution in [0.15, 0.2) is 18.2 Å². The predicted molar refractivity (Wildman–Crippen MR) is 120 cm³/mol. The van der Waals surface area contributed by atoms with Crippen molar-refractivity contribution in [2.24, 2.45) is 5.41 Å².